The first-order valence-corrected chi connectivity index (χ1v) is 22.9. The Morgan fingerprint density at radius 2 is 1.17 bits per heavy atom. The summed E-state index contributed by atoms with van der Waals surface area (Å²) in [5.74, 6) is -10.00. The highest BCUT2D eigenvalue weighted by atomic mass is 32.2. The van der Waals surface area contributed by atoms with Gasteiger partial charge in [0.2, 0.25) is 41.4 Å². The predicted molar refractivity (Wildman–Crippen MR) is 234 cm³/mol. The highest BCUT2D eigenvalue weighted by molar-refractivity contribution is 7.98. The molecule has 0 aromatic heterocycles. The van der Waals surface area contributed by atoms with E-state index in [1.54, 1.807) is 34.0 Å². The van der Waals surface area contributed by atoms with Crippen LogP contribution < -0.4 is 43.8 Å². The Morgan fingerprint density at radius 1 is 0.697 bits per heavy atom. The molecule has 0 bridgehead atoms. The Morgan fingerprint density at radius 3 is 1.61 bits per heavy atom. The molecule has 0 aromatic rings. The Kier molecular flexibility index (Phi) is 28.4. The third-order valence-corrected chi connectivity index (χ3v) is 10.5. The normalized spacial score (nSPS) is 16.3. The minimum atomic E-state index is -5.08. The van der Waals surface area contributed by atoms with Crippen molar-refractivity contribution in [1.82, 2.24) is 31.5 Å². The van der Waals surface area contributed by atoms with Gasteiger partial charge in [0.1, 0.15) is 36.3 Å². The van der Waals surface area contributed by atoms with Crippen LogP contribution in [0.3, 0.4) is 0 Å². The van der Waals surface area contributed by atoms with Crippen LogP contribution in [0.4, 0.5) is 13.2 Å². The average molecular weight is 972 g/mol. The second-order valence-electron chi connectivity index (χ2n) is 16.5. The van der Waals surface area contributed by atoms with Crippen LogP contribution in [-0.2, 0) is 47.9 Å². The Labute approximate surface area is 385 Å². The minimum Gasteiger partial charge on any atom is -0.481 e. The van der Waals surface area contributed by atoms with E-state index < -0.39 is 108 Å². The fourth-order valence-electron chi connectivity index (χ4n) is 6.49. The Hall–Kier alpha value is -5.24. The molecule has 1 fully saturated rings. The summed E-state index contributed by atoms with van der Waals surface area (Å²) in [6.07, 6.45) is -2.12. The average Bonchev–Trinajstić information content (AvgIpc) is 3.71. The summed E-state index contributed by atoms with van der Waals surface area (Å²) in [4.78, 5) is 126. The van der Waals surface area contributed by atoms with Gasteiger partial charge in [0.25, 0.3) is 0 Å². The number of nitrogens with one attached hydrogen (secondary N) is 5. The van der Waals surface area contributed by atoms with Crippen LogP contribution in [0.2, 0.25) is 0 Å². The molecule has 0 aliphatic carbocycles. The quantitative estimate of drug-likeness (QED) is 0.0423. The SMILES string of the molecule is CSCC[C@H](NC(=O)[C@H](CCCCN)NC(=O)[C@H](CC(C)C)NC(=O)[C@H](CCC(N)=O)NC(=O)[C@H](CC(C)C)NC(=O)[C@@H]1CCCN1C(=O)[C@@H](N)CCC(=O)O)C(=O)O.O=C(O)C(F)(F)F. The van der Waals surface area contributed by atoms with Gasteiger partial charge < -0.3 is 64.0 Å². The summed E-state index contributed by atoms with van der Waals surface area (Å²) >= 11 is 1.41. The molecule has 7 amide bonds. The number of hydrogen-bond acceptors (Lipinski definition) is 13. The zero-order valence-electron chi connectivity index (χ0n) is 37.9. The number of nitrogens with two attached hydrogens (primary N) is 3. The zero-order chi connectivity index (χ0) is 50.9. The number of halogens is 3. The molecule has 1 aliphatic heterocycles. The highest BCUT2D eigenvalue weighted by Gasteiger charge is 2.40. The molecule has 66 heavy (non-hydrogen) atoms. The molecule has 1 saturated heterocycles. The summed E-state index contributed by atoms with van der Waals surface area (Å²) < 4.78 is 31.7. The van der Waals surface area contributed by atoms with Crippen LogP contribution in [0.1, 0.15) is 105 Å². The molecule has 26 heteroatoms. The molecule has 0 radical (unpaired) electrons. The molecule has 0 spiro atoms. The van der Waals surface area contributed by atoms with Crippen molar-refractivity contribution in [3.8, 4) is 0 Å². The number of alkyl halides is 3. The summed E-state index contributed by atoms with van der Waals surface area (Å²) in [5, 5.41) is 38.9. The summed E-state index contributed by atoms with van der Waals surface area (Å²) in [6.45, 7) is 7.75. The number of thioether (sulfide) groups is 1. The van der Waals surface area contributed by atoms with Crippen molar-refractivity contribution >= 4 is 71.0 Å². The van der Waals surface area contributed by atoms with Gasteiger partial charge >= 0.3 is 24.1 Å². The van der Waals surface area contributed by atoms with E-state index in [1.807, 2.05) is 0 Å². The monoisotopic (exact) mass is 971 g/mol. The van der Waals surface area contributed by atoms with Gasteiger partial charge in [-0.15, -0.1) is 0 Å². The van der Waals surface area contributed by atoms with Gasteiger partial charge in [-0.2, -0.15) is 24.9 Å². The van der Waals surface area contributed by atoms with Gasteiger partial charge in [-0.25, -0.2) is 9.59 Å². The van der Waals surface area contributed by atoms with Crippen molar-refractivity contribution in [3.05, 3.63) is 0 Å². The van der Waals surface area contributed by atoms with Crippen LogP contribution in [0.15, 0.2) is 0 Å². The molecular formula is C40H68F3N9O13S. The number of carbonyl (C=O) groups is 10. The number of aliphatic carboxylic acids is 3. The summed E-state index contributed by atoms with van der Waals surface area (Å²) in [6, 6.07) is -8.30. The number of primary amides is 1. The molecule has 1 heterocycles. The van der Waals surface area contributed by atoms with Crippen LogP contribution in [0, 0.1) is 11.8 Å². The van der Waals surface area contributed by atoms with Crippen molar-refractivity contribution in [2.24, 2.45) is 29.0 Å². The standard InChI is InChI=1S/C38H67N9O11S.C2HF3O2/c1-21(2)19-27(34(53)42-24(9-6-7-16-39)32(51)44-26(38(57)58)15-18-59-5)45-33(52)25(12-13-30(41)48)43-35(54)28(20-22(3)4)46-36(55)29-10-8-17-47(29)37(56)23(40)11-14-31(49)50;3-2(4,5)1(6)7/h21-29H,6-20,39-40H2,1-5H3,(H2,41,48)(H,42,53)(H,43,54)(H,44,51)(H,45,52)(H,46,55)(H,49,50)(H,57,58);(H,6,7)/t23-,24-,25-,26-,27-,28-,29-;/m0./s1. The third-order valence-electron chi connectivity index (χ3n) is 9.87. The molecule has 0 saturated carbocycles. The van der Waals surface area contributed by atoms with Gasteiger partial charge in [-0.05, 0) is 94.6 Å². The number of carboxylic acids is 3. The molecule has 7 atom stereocenters. The smallest absolute Gasteiger partial charge is 0.481 e. The van der Waals surface area contributed by atoms with E-state index in [9.17, 15) is 61.4 Å². The van der Waals surface area contributed by atoms with Gasteiger partial charge in [-0.1, -0.05) is 27.7 Å². The highest BCUT2D eigenvalue weighted by Crippen LogP contribution is 2.20. The molecule has 378 valence electrons. The first-order chi connectivity index (χ1) is 30.7. The molecule has 14 N–H and O–H groups in total. The van der Waals surface area contributed by atoms with E-state index in [4.69, 9.17) is 32.2 Å². The summed E-state index contributed by atoms with van der Waals surface area (Å²) in [7, 11) is 0. The fourth-order valence-corrected chi connectivity index (χ4v) is 6.96. The molecule has 22 nitrogen and oxygen atoms in total. The van der Waals surface area contributed by atoms with E-state index in [2.05, 4.69) is 26.6 Å². The molecule has 1 rings (SSSR count). The Bertz CT molecular complexity index is 1660. The maximum absolute atomic E-state index is 13.9. The lowest BCUT2D eigenvalue weighted by atomic mass is 9.99. The fraction of sp³-hybridized carbons (Fsp3) is 0.750. The number of amides is 7. The van der Waals surface area contributed by atoms with Crippen LogP contribution >= 0.6 is 11.8 Å². The maximum atomic E-state index is 13.9. The second kappa shape index (κ2) is 30.9. The first-order valence-electron chi connectivity index (χ1n) is 21.5. The molecule has 0 unspecified atom stereocenters. The molecule has 1 aliphatic rings. The van der Waals surface area contributed by atoms with Gasteiger partial charge in [-0.3, -0.25) is 38.4 Å². The first kappa shape index (κ1) is 60.8. The number of likely N-dealkylation sites (tertiary alicyclic amines) is 1. The van der Waals surface area contributed by atoms with Crippen molar-refractivity contribution in [2.75, 3.05) is 25.1 Å². The van der Waals surface area contributed by atoms with Crippen LogP contribution in [0.25, 0.3) is 0 Å². The maximum Gasteiger partial charge on any atom is 0.490 e. The van der Waals surface area contributed by atoms with Gasteiger partial charge in [0, 0.05) is 19.4 Å². The third kappa shape index (κ3) is 24.3. The number of nitrogens with zero attached hydrogens (tertiary/aromatic N) is 1. The Balaban J connectivity index is 0.00000554. The van der Waals surface area contributed by atoms with Crippen molar-refractivity contribution in [1.29, 1.82) is 0 Å². The van der Waals surface area contributed by atoms with Crippen molar-refractivity contribution in [2.45, 2.75) is 153 Å². The van der Waals surface area contributed by atoms with E-state index in [-0.39, 0.29) is 76.2 Å². The largest absolute Gasteiger partial charge is 0.490 e. The minimum absolute atomic E-state index is 0.0965. The molecular weight excluding hydrogens is 904 g/mol. The number of hydrogen-bond donors (Lipinski definition) is 11. The van der Waals surface area contributed by atoms with Crippen molar-refractivity contribution < 1.29 is 76.4 Å². The van der Waals surface area contributed by atoms with E-state index in [0.717, 1.165) is 0 Å². The zero-order valence-corrected chi connectivity index (χ0v) is 38.8. The number of carbonyl (C=O) groups excluding carboxylic acids is 7. The lowest BCUT2D eigenvalue weighted by Crippen LogP contribution is -2.60. The molecule has 0 aromatic carbocycles. The summed E-state index contributed by atoms with van der Waals surface area (Å²) in [5.41, 5.74) is 17.0. The van der Waals surface area contributed by atoms with Gasteiger partial charge in [0.05, 0.1) is 6.04 Å². The predicted octanol–water partition coefficient (Wildman–Crippen LogP) is -0.449. The number of carboxylic acid groups (broad SMARTS) is 3. The topological polar surface area (TPSA) is 373 Å². The number of rotatable bonds is 29. The van der Waals surface area contributed by atoms with Crippen LogP contribution in [0.5, 0.6) is 0 Å². The van der Waals surface area contributed by atoms with Crippen LogP contribution in [-0.4, -0.2) is 153 Å². The van der Waals surface area contributed by atoms with Gasteiger partial charge in [0.15, 0.2) is 0 Å². The van der Waals surface area contributed by atoms with E-state index in [1.165, 1.54) is 16.7 Å². The van der Waals surface area contributed by atoms with Crippen molar-refractivity contribution in [3.63, 3.8) is 0 Å². The van der Waals surface area contributed by atoms with E-state index >= 15 is 0 Å². The second-order valence-corrected chi connectivity index (χ2v) is 17.5. The number of unbranched alkanes of at least 4 members (excludes halogenated alkanes) is 1. The lowest BCUT2D eigenvalue weighted by Gasteiger charge is -2.30. The lowest BCUT2D eigenvalue weighted by molar-refractivity contribution is -0.192. The van der Waals surface area contributed by atoms with E-state index in [0.29, 0.717) is 31.6 Å².